The first-order valence-corrected chi connectivity index (χ1v) is 4.74. The largest absolute Gasteiger partial charge is 0.477 e. The number of nitrogens with two attached hydrogens (primary N) is 1. The van der Waals surface area contributed by atoms with E-state index < -0.39 is 5.97 Å². The highest BCUT2D eigenvalue weighted by Gasteiger charge is 2.19. The molecule has 0 saturated heterocycles. The lowest BCUT2D eigenvalue weighted by atomic mass is 10.0. The Morgan fingerprint density at radius 1 is 1.44 bits per heavy atom. The third-order valence-corrected chi connectivity index (χ3v) is 2.42. The number of rotatable bonds is 2. The third kappa shape index (κ3) is 1.52. The Labute approximate surface area is 91.9 Å². The summed E-state index contributed by atoms with van der Waals surface area (Å²) >= 11 is 0. The van der Waals surface area contributed by atoms with Gasteiger partial charge in [-0.2, -0.15) is 5.10 Å². The van der Waals surface area contributed by atoms with Gasteiger partial charge in [0.15, 0.2) is 11.5 Å². The highest BCUT2D eigenvalue weighted by atomic mass is 16.4. The van der Waals surface area contributed by atoms with Crippen molar-refractivity contribution in [3.63, 3.8) is 0 Å². The molecule has 1 aromatic carbocycles. The Balaban J connectivity index is 2.68. The Hall–Kier alpha value is -2.30. The summed E-state index contributed by atoms with van der Waals surface area (Å²) in [5.74, 6) is -0.867. The molecule has 0 atom stereocenters. The van der Waals surface area contributed by atoms with Crippen LogP contribution in [0.15, 0.2) is 24.3 Å². The maximum Gasteiger partial charge on any atom is 0.354 e. The van der Waals surface area contributed by atoms with E-state index in [0.717, 1.165) is 11.1 Å². The number of nitrogens with zero attached hydrogens (tertiary/aromatic N) is 1. The molecule has 1 aromatic heterocycles. The molecule has 0 spiro atoms. The summed E-state index contributed by atoms with van der Waals surface area (Å²) in [5.41, 5.74) is 7.88. The molecule has 0 aliphatic carbocycles. The first kappa shape index (κ1) is 10.2. The van der Waals surface area contributed by atoms with Gasteiger partial charge in [0.2, 0.25) is 0 Å². The quantitative estimate of drug-likeness (QED) is 0.713. The van der Waals surface area contributed by atoms with Crippen LogP contribution >= 0.6 is 0 Å². The number of aromatic nitrogens is 2. The fourth-order valence-electron chi connectivity index (χ4n) is 1.64. The van der Waals surface area contributed by atoms with E-state index in [9.17, 15) is 4.79 Å². The van der Waals surface area contributed by atoms with Gasteiger partial charge in [-0.1, -0.05) is 24.3 Å². The third-order valence-electron chi connectivity index (χ3n) is 2.42. The van der Waals surface area contributed by atoms with Gasteiger partial charge >= 0.3 is 5.97 Å². The lowest BCUT2D eigenvalue weighted by Gasteiger charge is -2.04. The number of aromatic carboxylic acids is 1. The number of carboxylic acids is 1. The Morgan fingerprint density at radius 3 is 2.75 bits per heavy atom. The van der Waals surface area contributed by atoms with Gasteiger partial charge in [-0.05, 0) is 18.1 Å². The first-order valence-electron chi connectivity index (χ1n) is 4.74. The van der Waals surface area contributed by atoms with E-state index in [0.29, 0.717) is 5.56 Å². The van der Waals surface area contributed by atoms with Gasteiger partial charge in [0.05, 0.1) is 5.56 Å². The van der Waals surface area contributed by atoms with E-state index in [1.54, 1.807) is 0 Å². The van der Waals surface area contributed by atoms with Crippen LogP contribution in [0, 0.1) is 6.92 Å². The lowest BCUT2D eigenvalue weighted by molar-refractivity contribution is 0.0691. The second-order valence-corrected chi connectivity index (χ2v) is 3.48. The number of hydrogen-bond acceptors (Lipinski definition) is 3. The zero-order valence-electron chi connectivity index (χ0n) is 8.69. The van der Waals surface area contributed by atoms with Crippen LogP contribution in [-0.4, -0.2) is 21.3 Å². The van der Waals surface area contributed by atoms with Crippen LogP contribution in [0.3, 0.4) is 0 Å². The minimum absolute atomic E-state index is 0.0202. The topological polar surface area (TPSA) is 92.0 Å². The normalized spacial score (nSPS) is 10.3. The van der Waals surface area contributed by atoms with Gasteiger partial charge in [0.25, 0.3) is 0 Å². The molecule has 0 aliphatic rings. The molecule has 82 valence electrons. The number of benzene rings is 1. The number of nitrogen functional groups attached to an aromatic ring is 1. The molecule has 2 rings (SSSR count). The van der Waals surface area contributed by atoms with Crippen LogP contribution in [-0.2, 0) is 0 Å². The predicted octanol–water partition coefficient (Wildman–Crippen LogP) is 1.67. The van der Waals surface area contributed by atoms with Crippen LogP contribution in [0.2, 0.25) is 0 Å². The van der Waals surface area contributed by atoms with Gasteiger partial charge in [0, 0.05) is 0 Å². The monoisotopic (exact) mass is 217 g/mol. The number of aromatic amines is 1. The fraction of sp³-hybridized carbons (Fsp3) is 0.0909. The standard InChI is InChI=1S/C11H11N3O2/c1-6-4-2-3-5-7(6)8-9(11(15)16)13-14-10(8)12/h2-5H,1H3,(H,15,16)(H3,12,13,14). The highest BCUT2D eigenvalue weighted by molar-refractivity contribution is 5.97. The molecular formula is C11H11N3O2. The summed E-state index contributed by atoms with van der Waals surface area (Å²) in [6.07, 6.45) is 0. The van der Waals surface area contributed by atoms with Gasteiger partial charge < -0.3 is 10.8 Å². The van der Waals surface area contributed by atoms with E-state index in [-0.39, 0.29) is 11.5 Å². The minimum Gasteiger partial charge on any atom is -0.477 e. The van der Waals surface area contributed by atoms with Crippen molar-refractivity contribution in [1.82, 2.24) is 10.2 Å². The maximum atomic E-state index is 11.0. The van der Waals surface area contributed by atoms with Gasteiger partial charge in [-0.25, -0.2) is 4.79 Å². The van der Waals surface area contributed by atoms with E-state index in [1.807, 2.05) is 31.2 Å². The summed E-state index contributed by atoms with van der Waals surface area (Å²) in [7, 11) is 0. The number of aryl methyl sites for hydroxylation is 1. The van der Waals surface area contributed by atoms with Crippen LogP contribution in [0.5, 0.6) is 0 Å². The molecule has 1 heterocycles. The molecule has 0 amide bonds. The van der Waals surface area contributed by atoms with Crippen molar-refractivity contribution in [2.75, 3.05) is 5.73 Å². The molecular weight excluding hydrogens is 206 g/mol. The Morgan fingerprint density at radius 2 is 2.12 bits per heavy atom. The number of carbonyl (C=O) groups is 1. The zero-order chi connectivity index (χ0) is 11.7. The Bertz CT molecular complexity index is 546. The zero-order valence-corrected chi connectivity index (χ0v) is 8.69. The summed E-state index contributed by atoms with van der Waals surface area (Å²) < 4.78 is 0. The van der Waals surface area contributed by atoms with Gasteiger partial charge in [-0.3, -0.25) is 5.10 Å². The number of nitrogens with one attached hydrogen (secondary N) is 1. The SMILES string of the molecule is Cc1ccccc1-c1c(N)n[nH]c1C(=O)O. The molecule has 0 aliphatic heterocycles. The number of hydrogen-bond donors (Lipinski definition) is 3. The smallest absolute Gasteiger partial charge is 0.354 e. The van der Waals surface area contributed by atoms with Crippen LogP contribution in [0.25, 0.3) is 11.1 Å². The molecule has 4 N–H and O–H groups in total. The van der Waals surface area contributed by atoms with E-state index in [2.05, 4.69) is 10.2 Å². The van der Waals surface area contributed by atoms with Crippen molar-refractivity contribution in [2.45, 2.75) is 6.92 Å². The van der Waals surface area contributed by atoms with Crippen molar-refractivity contribution in [2.24, 2.45) is 0 Å². The average molecular weight is 217 g/mol. The number of carboxylic acid groups (broad SMARTS) is 1. The minimum atomic E-state index is -1.07. The molecule has 16 heavy (non-hydrogen) atoms. The molecule has 0 unspecified atom stereocenters. The lowest BCUT2D eigenvalue weighted by Crippen LogP contribution is -2.00. The van der Waals surface area contributed by atoms with Crippen molar-refractivity contribution in [3.8, 4) is 11.1 Å². The molecule has 0 radical (unpaired) electrons. The van der Waals surface area contributed by atoms with E-state index >= 15 is 0 Å². The fourth-order valence-corrected chi connectivity index (χ4v) is 1.64. The van der Waals surface area contributed by atoms with Crippen LogP contribution in [0.4, 0.5) is 5.82 Å². The number of anilines is 1. The van der Waals surface area contributed by atoms with Gasteiger partial charge in [0.1, 0.15) is 0 Å². The molecule has 5 heteroatoms. The first-order chi connectivity index (χ1) is 7.61. The van der Waals surface area contributed by atoms with Crippen LogP contribution < -0.4 is 5.73 Å². The van der Waals surface area contributed by atoms with E-state index in [1.165, 1.54) is 0 Å². The van der Waals surface area contributed by atoms with E-state index in [4.69, 9.17) is 10.8 Å². The molecule has 0 saturated carbocycles. The molecule has 0 bridgehead atoms. The predicted molar refractivity (Wildman–Crippen MR) is 60.1 cm³/mol. The van der Waals surface area contributed by atoms with Crippen molar-refractivity contribution >= 4 is 11.8 Å². The van der Waals surface area contributed by atoms with Crippen molar-refractivity contribution in [1.29, 1.82) is 0 Å². The van der Waals surface area contributed by atoms with Crippen molar-refractivity contribution < 1.29 is 9.90 Å². The summed E-state index contributed by atoms with van der Waals surface area (Å²) in [4.78, 5) is 11.0. The Kier molecular flexibility index (Phi) is 2.36. The maximum absolute atomic E-state index is 11.0. The molecule has 0 fully saturated rings. The van der Waals surface area contributed by atoms with Gasteiger partial charge in [-0.15, -0.1) is 0 Å². The summed E-state index contributed by atoms with van der Waals surface area (Å²) in [6.45, 7) is 1.90. The molecule has 5 nitrogen and oxygen atoms in total. The second-order valence-electron chi connectivity index (χ2n) is 3.48. The molecule has 2 aromatic rings. The average Bonchev–Trinajstić information content (AvgIpc) is 2.61. The number of H-pyrrole nitrogens is 1. The van der Waals surface area contributed by atoms with Crippen LogP contribution in [0.1, 0.15) is 16.1 Å². The summed E-state index contributed by atoms with van der Waals surface area (Å²) in [5, 5.41) is 15.2. The second kappa shape index (κ2) is 3.69. The highest BCUT2D eigenvalue weighted by Crippen LogP contribution is 2.30. The van der Waals surface area contributed by atoms with Crippen molar-refractivity contribution in [3.05, 3.63) is 35.5 Å². The summed E-state index contributed by atoms with van der Waals surface area (Å²) in [6, 6.07) is 7.44.